The Morgan fingerprint density at radius 1 is 1.04 bits per heavy atom. The van der Waals surface area contributed by atoms with E-state index < -0.39 is 10.0 Å². The number of rotatable bonds is 5. The third-order valence-corrected chi connectivity index (χ3v) is 5.93. The van der Waals surface area contributed by atoms with Crippen molar-refractivity contribution < 1.29 is 22.7 Å². The molecule has 0 unspecified atom stereocenters. The second-order valence-electron chi connectivity index (χ2n) is 6.35. The van der Waals surface area contributed by atoms with Crippen LogP contribution in [0.2, 0.25) is 0 Å². The van der Waals surface area contributed by atoms with Crippen LogP contribution in [0.4, 0.5) is 0 Å². The Bertz CT molecular complexity index is 549. The minimum absolute atomic E-state index is 0.0257. The minimum atomic E-state index is -3.18. The van der Waals surface area contributed by atoms with Crippen molar-refractivity contribution in [3.05, 3.63) is 0 Å². The molecule has 0 aromatic carbocycles. The normalized spacial score (nSPS) is 21.7. The number of piperidine rings is 1. The SMILES string of the molecule is CCOC(=O)C1CCN(CC(=O)N2CCN(S(C)(=O)=O)CC2)CC1. The zero-order valence-electron chi connectivity index (χ0n) is 14.4. The molecule has 9 heteroatoms. The van der Waals surface area contributed by atoms with E-state index in [4.69, 9.17) is 4.74 Å². The van der Waals surface area contributed by atoms with Gasteiger partial charge in [-0.25, -0.2) is 8.42 Å². The number of esters is 1. The maximum Gasteiger partial charge on any atom is 0.309 e. The smallest absolute Gasteiger partial charge is 0.309 e. The molecule has 2 fully saturated rings. The lowest BCUT2D eigenvalue weighted by molar-refractivity contribution is -0.149. The van der Waals surface area contributed by atoms with Crippen molar-refractivity contribution in [2.45, 2.75) is 19.8 Å². The van der Waals surface area contributed by atoms with Crippen LogP contribution >= 0.6 is 0 Å². The first-order chi connectivity index (χ1) is 11.3. The first kappa shape index (κ1) is 19.1. The van der Waals surface area contributed by atoms with E-state index in [-0.39, 0.29) is 17.8 Å². The number of piperazine rings is 1. The number of nitrogens with zero attached hydrogens (tertiary/aromatic N) is 3. The number of carbonyl (C=O) groups excluding carboxylic acids is 2. The summed E-state index contributed by atoms with van der Waals surface area (Å²) in [5, 5.41) is 0. The lowest BCUT2D eigenvalue weighted by atomic mass is 9.97. The van der Waals surface area contributed by atoms with E-state index in [2.05, 4.69) is 4.90 Å². The summed E-state index contributed by atoms with van der Waals surface area (Å²) in [6.45, 7) is 5.53. The minimum Gasteiger partial charge on any atom is -0.466 e. The summed E-state index contributed by atoms with van der Waals surface area (Å²) in [7, 11) is -3.18. The molecule has 1 amide bonds. The highest BCUT2D eigenvalue weighted by Gasteiger charge is 2.30. The molecule has 2 heterocycles. The second-order valence-corrected chi connectivity index (χ2v) is 8.33. The Morgan fingerprint density at radius 2 is 1.62 bits per heavy atom. The molecule has 0 bridgehead atoms. The van der Waals surface area contributed by atoms with Gasteiger partial charge in [-0.15, -0.1) is 0 Å². The number of hydrogen-bond acceptors (Lipinski definition) is 6. The van der Waals surface area contributed by atoms with Gasteiger partial charge in [-0.1, -0.05) is 0 Å². The standard InChI is InChI=1S/C15H27N3O5S/c1-3-23-15(20)13-4-6-16(7-5-13)12-14(19)17-8-10-18(11-9-17)24(2,21)22/h13H,3-12H2,1-2H3. The fourth-order valence-electron chi connectivity index (χ4n) is 3.15. The molecule has 2 rings (SSSR count). The summed E-state index contributed by atoms with van der Waals surface area (Å²) >= 11 is 0. The summed E-state index contributed by atoms with van der Waals surface area (Å²) in [6, 6.07) is 0. The molecule has 0 N–H and O–H groups in total. The average Bonchev–Trinajstić information content (AvgIpc) is 2.55. The highest BCUT2D eigenvalue weighted by molar-refractivity contribution is 7.88. The van der Waals surface area contributed by atoms with E-state index in [0.717, 1.165) is 0 Å². The number of sulfonamides is 1. The van der Waals surface area contributed by atoms with E-state index in [1.165, 1.54) is 10.6 Å². The summed E-state index contributed by atoms with van der Waals surface area (Å²) < 4.78 is 29.4. The van der Waals surface area contributed by atoms with Crippen LogP contribution < -0.4 is 0 Å². The van der Waals surface area contributed by atoms with Crippen molar-refractivity contribution in [1.29, 1.82) is 0 Å². The van der Waals surface area contributed by atoms with Crippen molar-refractivity contribution in [2.24, 2.45) is 5.92 Å². The van der Waals surface area contributed by atoms with Gasteiger partial charge in [0, 0.05) is 26.2 Å². The highest BCUT2D eigenvalue weighted by Crippen LogP contribution is 2.19. The molecule has 0 atom stereocenters. The van der Waals surface area contributed by atoms with Gasteiger partial charge in [0.2, 0.25) is 15.9 Å². The van der Waals surface area contributed by atoms with Gasteiger partial charge in [0.05, 0.1) is 25.3 Å². The summed E-state index contributed by atoms with van der Waals surface area (Å²) in [5.74, 6) is -0.173. The van der Waals surface area contributed by atoms with Crippen LogP contribution in [0, 0.1) is 5.92 Å². The van der Waals surface area contributed by atoms with E-state index in [0.29, 0.717) is 65.3 Å². The molecule has 24 heavy (non-hydrogen) atoms. The first-order valence-electron chi connectivity index (χ1n) is 8.43. The van der Waals surface area contributed by atoms with Gasteiger partial charge in [0.15, 0.2) is 0 Å². The topological polar surface area (TPSA) is 87.2 Å². The van der Waals surface area contributed by atoms with E-state index in [1.54, 1.807) is 11.8 Å². The quantitative estimate of drug-likeness (QED) is 0.606. The lowest BCUT2D eigenvalue weighted by Gasteiger charge is -2.36. The predicted octanol–water partition coefficient (Wildman–Crippen LogP) is -0.635. The van der Waals surface area contributed by atoms with Crippen molar-refractivity contribution in [3.8, 4) is 0 Å². The van der Waals surface area contributed by atoms with Crippen LogP contribution in [0.15, 0.2) is 0 Å². The summed E-state index contributed by atoms with van der Waals surface area (Å²) in [4.78, 5) is 27.9. The molecule has 2 aliphatic rings. The van der Waals surface area contributed by atoms with Crippen LogP contribution in [0.1, 0.15) is 19.8 Å². The van der Waals surface area contributed by atoms with Gasteiger partial charge in [0.1, 0.15) is 0 Å². The zero-order valence-corrected chi connectivity index (χ0v) is 15.3. The first-order valence-corrected chi connectivity index (χ1v) is 10.3. The molecule has 0 aliphatic carbocycles. The number of ether oxygens (including phenoxy) is 1. The van der Waals surface area contributed by atoms with Crippen LogP contribution in [-0.2, 0) is 24.3 Å². The van der Waals surface area contributed by atoms with Gasteiger partial charge in [0.25, 0.3) is 0 Å². The van der Waals surface area contributed by atoms with Crippen LogP contribution in [0.3, 0.4) is 0 Å². The Kier molecular flexibility index (Phi) is 6.59. The van der Waals surface area contributed by atoms with Crippen LogP contribution in [-0.4, -0.2) is 93.1 Å². The molecule has 0 aromatic rings. The molecule has 0 saturated carbocycles. The Hall–Kier alpha value is -1.19. The summed E-state index contributed by atoms with van der Waals surface area (Å²) in [6.07, 6.45) is 2.63. The van der Waals surface area contributed by atoms with Gasteiger partial charge in [-0.3, -0.25) is 14.5 Å². The number of amides is 1. The van der Waals surface area contributed by atoms with Crippen molar-refractivity contribution in [2.75, 3.05) is 58.7 Å². The Morgan fingerprint density at radius 3 is 2.12 bits per heavy atom. The summed E-state index contributed by atoms with van der Waals surface area (Å²) in [5.41, 5.74) is 0. The lowest BCUT2D eigenvalue weighted by Crippen LogP contribution is -2.53. The number of likely N-dealkylation sites (tertiary alicyclic amines) is 1. The molecule has 0 radical (unpaired) electrons. The molecule has 0 spiro atoms. The Balaban J connectivity index is 1.73. The van der Waals surface area contributed by atoms with Crippen LogP contribution in [0.5, 0.6) is 0 Å². The largest absolute Gasteiger partial charge is 0.466 e. The molecule has 8 nitrogen and oxygen atoms in total. The zero-order chi connectivity index (χ0) is 17.7. The van der Waals surface area contributed by atoms with E-state index >= 15 is 0 Å². The van der Waals surface area contributed by atoms with Crippen LogP contribution in [0.25, 0.3) is 0 Å². The third kappa shape index (κ3) is 5.15. The molecule has 138 valence electrons. The van der Waals surface area contributed by atoms with Gasteiger partial charge >= 0.3 is 5.97 Å². The number of hydrogen-bond donors (Lipinski definition) is 0. The van der Waals surface area contributed by atoms with Crippen molar-refractivity contribution in [3.63, 3.8) is 0 Å². The molecule has 0 aromatic heterocycles. The fourth-order valence-corrected chi connectivity index (χ4v) is 3.97. The van der Waals surface area contributed by atoms with Gasteiger partial charge < -0.3 is 9.64 Å². The number of carbonyl (C=O) groups is 2. The van der Waals surface area contributed by atoms with Crippen molar-refractivity contribution in [1.82, 2.24) is 14.1 Å². The molecule has 2 aliphatic heterocycles. The van der Waals surface area contributed by atoms with Gasteiger partial charge in [-0.05, 0) is 32.9 Å². The maximum atomic E-state index is 12.4. The van der Waals surface area contributed by atoms with Crippen molar-refractivity contribution >= 4 is 21.9 Å². The average molecular weight is 361 g/mol. The molecule has 2 saturated heterocycles. The third-order valence-electron chi connectivity index (χ3n) is 4.63. The predicted molar refractivity (Wildman–Crippen MR) is 88.8 cm³/mol. The van der Waals surface area contributed by atoms with E-state index in [1.807, 2.05) is 0 Å². The highest BCUT2D eigenvalue weighted by atomic mass is 32.2. The molecular weight excluding hydrogens is 334 g/mol. The molecular formula is C15H27N3O5S. The second kappa shape index (κ2) is 8.26. The van der Waals surface area contributed by atoms with E-state index in [9.17, 15) is 18.0 Å². The maximum absolute atomic E-state index is 12.4. The Labute approximate surface area is 143 Å². The monoisotopic (exact) mass is 361 g/mol. The fraction of sp³-hybridized carbons (Fsp3) is 0.867. The van der Waals surface area contributed by atoms with Gasteiger partial charge in [-0.2, -0.15) is 4.31 Å².